The molecule has 1 aliphatic heterocycles. The van der Waals surface area contributed by atoms with Crippen LogP contribution in [0.5, 0.6) is 0 Å². The standard InChI is InChI=1S/C29H27BN2O2/c1-7-10-20-18(2)13-15-22-21-16-14-19(30-33-28(3,4)29(5,6)34-30)17-25(21)32-24-12-9-8-11-23(24)31-27(32)26(20)22/h7-17H,1-2H2,3-6H3/b20-10+. The molecule has 0 bridgehead atoms. The van der Waals surface area contributed by atoms with E-state index in [0.717, 1.165) is 54.3 Å². The zero-order chi connectivity index (χ0) is 23.8. The highest BCUT2D eigenvalue weighted by Crippen LogP contribution is 2.37. The normalized spacial score (nSPS) is 18.0. The lowest BCUT2D eigenvalue weighted by atomic mass is 9.78. The summed E-state index contributed by atoms with van der Waals surface area (Å²) in [5, 5.41) is 5.36. The molecule has 5 aromatic rings. The third kappa shape index (κ3) is 2.84. The smallest absolute Gasteiger partial charge is 0.399 e. The van der Waals surface area contributed by atoms with Crippen LogP contribution in [0, 0.1) is 0 Å². The summed E-state index contributed by atoms with van der Waals surface area (Å²) in [5.74, 6) is 0. The monoisotopic (exact) mass is 446 g/mol. The molecule has 3 aromatic carbocycles. The van der Waals surface area contributed by atoms with Gasteiger partial charge in [0.1, 0.15) is 5.65 Å². The first kappa shape index (κ1) is 21.1. The van der Waals surface area contributed by atoms with Crippen LogP contribution in [0.15, 0.2) is 67.3 Å². The molecule has 1 aliphatic rings. The lowest BCUT2D eigenvalue weighted by Gasteiger charge is -2.32. The van der Waals surface area contributed by atoms with Crippen LogP contribution in [0.1, 0.15) is 27.7 Å². The van der Waals surface area contributed by atoms with Crippen LogP contribution in [0.3, 0.4) is 0 Å². The topological polar surface area (TPSA) is 35.8 Å². The van der Waals surface area contributed by atoms with Crippen molar-refractivity contribution in [1.82, 2.24) is 9.38 Å². The van der Waals surface area contributed by atoms with Crippen molar-refractivity contribution in [3.05, 3.63) is 77.7 Å². The molecule has 0 atom stereocenters. The summed E-state index contributed by atoms with van der Waals surface area (Å²) in [4.78, 5) is 5.07. The summed E-state index contributed by atoms with van der Waals surface area (Å²) in [7, 11) is -0.429. The number of imidazole rings is 1. The number of rotatable bonds is 2. The molecule has 0 unspecified atom stereocenters. The fourth-order valence-electron chi connectivity index (χ4n) is 4.96. The molecular formula is C29H27BN2O2. The van der Waals surface area contributed by atoms with Gasteiger partial charge in [-0.3, -0.25) is 4.40 Å². The van der Waals surface area contributed by atoms with Crippen molar-refractivity contribution < 1.29 is 9.31 Å². The lowest BCUT2D eigenvalue weighted by molar-refractivity contribution is 0.00578. The van der Waals surface area contributed by atoms with Gasteiger partial charge in [-0.1, -0.05) is 61.7 Å². The van der Waals surface area contributed by atoms with Crippen LogP contribution in [-0.2, 0) is 9.31 Å². The number of allylic oxidation sites excluding steroid dienone is 1. The molecule has 0 N–H and O–H groups in total. The third-order valence-corrected chi connectivity index (χ3v) is 7.48. The van der Waals surface area contributed by atoms with E-state index in [0.29, 0.717) is 0 Å². The Morgan fingerprint density at radius 2 is 1.62 bits per heavy atom. The van der Waals surface area contributed by atoms with Gasteiger partial charge in [-0.15, -0.1) is 0 Å². The van der Waals surface area contributed by atoms with E-state index >= 15 is 0 Å². The van der Waals surface area contributed by atoms with Crippen molar-refractivity contribution in [2.45, 2.75) is 38.9 Å². The number of para-hydroxylation sites is 2. The fourth-order valence-corrected chi connectivity index (χ4v) is 4.96. The van der Waals surface area contributed by atoms with E-state index in [1.54, 1.807) is 0 Å². The lowest BCUT2D eigenvalue weighted by Crippen LogP contribution is -2.41. The highest BCUT2D eigenvalue weighted by molar-refractivity contribution is 6.62. The van der Waals surface area contributed by atoms with E-state index in [9.17, 15) is 0 Å². The fraction of sp³-hybridized carbons (Fsp3) is 0.207. The Hall–Kier alpha value is -3.41. The summed E-state index contributed by atoms with van der Waals surface area (Å²) in [6, 6.07) is 18.9. The Morgan fingerprint density at radius 1 is 0.912 bits per heavy atom. The number of hydrogen-bond donors (Lipinski definition) is 0. The zero-order valence-corrected chi connectivity index (χ0v) is 20.1. The van der Waals surface area contributed by atoms with Crippen molar-refractivity contribution in [3.63, 3.8) is 0 Å². The van der Waals surface area contributed by atoms with E-state index in [1.165, 1.54) is 0 Å². The van der Waals surface area contributed by atoms with Crippen molar-refractivity contribution in [3.8, 4) is 0 Å². The highest BCUT2D eigenvalue weighted by atomic mass is 16.7. The average molecular weight is 446 g/mol. The molecule has 5 heteroatoms. The Morgan fingerprint density at radius 3 is 2.35 bits per heavy atom. The van der Waals surface area contributed by atoms with E-state index in [-0.39, 0.29) is 0 Å². The number of fused-ring (bicyclic) bond motifs is 8. The van der Waals surface area contributed by atoms with Crippen molar-refractivity contribution in [1.29, 1.82) is 0 Å². The number of hydrogen-bond acceptors (Lipinski definition) is 3. The molecule has 168 valence electrons. The van der Waals surface area contributed by atoms with Gasteiger partial charge in [0.05, 0.1) is 27.8 Å². The van der Waals surface area contributed by atoms with Gasteiger partial charge >= 0.3 is 7.12 Å². The maximum absolute atomic E-state index is 6.36. The quantitative estimate of drug-likeness (QED) is 0.297. The largest absolute Gasteiger partial charge is 0.494 e. The van der Waals surface area contributed by atoms with Gasteiger partial charge in [-0.2, -0.15) is 0 Å². The van der Waals surface area contributed by atoms with Crippen molar-refractivity contribution in [2.24, 2.45) is 0 Å². The molecule has 2 aromatic heterocycles. The predicted octanol–water partition coefficient (Wildman–Crippen LogP) is 4.47. The van der Waals surface area contributed by atoms with E-state index in [4.69, 9.17) is 14.3 Å². The van der Waals surface area contributed by atoms with Crippen LogP contribution in [0.25, 0.3) is 51.0 Å². The molecule has 0 saturated carbocycles. The molecule has 1 fully saturated rings. The molecule has 0 aliphatic carbocycles. The maximum atomic E-state index is 6.36. The number of nitrogens with zero attached hydrogens (tertiary/aromatic N) is 2. The predicted molar refractivity (Wildman–Crippen MR) is 143 cm³/mol. The minimum Gasteiger partial charge on any atom is -0.399 e. The molecule has 1 saturated heterocycles. The second-order valence-corrected chi connectivity index (χ2v) is 10.1. The Kier molecular flexibility index (Phi) is 4.38. The number of benzene rings is 3. The molecular weight excluding hydrogens is 419 g/mol. The van der Waals surface area contributed by atoms with Crippen LogP contribution >= 0.6 is 0 Å². The zero-order valence-electron chi connectivity index (χ0n) is 20.1. The maximum Gasteiger partial charge on any atom is 0.494 e. The minimum absolute atomic E-state index is 0.396. The summed E-state index contributed by atoms with van der Waals surface area (Å²) < 4.78 is 15.0. The molecule has 3 heterocycles. The van der Waals surface area contributed by atoms with Crippen molar-refractivity contribution in [2.75, 3.05) is 0 Å². The summed E-state index contributed by atoms with van der Waals surface area (Å²) in [5.41, 5.74) is 4.21. The first-order valence-corrected chi connectivity index (χ1v) is 11.6. The van der Waals surface area contributed by atoms with Gasteiger partial charge in [0, 0.05) is 10.8 Å². The van der Waals surface area contributed by atoms with Crippen LogP contribution < -0.4 is 15.9 Å². The second kappa shape index (κ2) is 7.05. The van der Waals surface area contributed by atoms with Gasteiger partial charge in [0.25, 0.3) is 0 Å². The van der Waals surface area contributed by atoms with Crippen molar-refractivity contribution >= 4 is 63.6 Å². The molecule has 34 heavy (non-hydrogen) atoms. The highest BCUT2D eigenvalue weighted by Gasteiger charge is 2.51. The van der Waals surface area contributed by atoms with Gasteiger partial charge in [-0.05, 0) is 67.2 Å². The summed E-state index contributed by atoms with van der Waals surface area (Å²) >= 11 is 0. The number of aromatic nitrogens is 2. The average Bonchev–Trinajstić information content (AvgIpc) is 3.29. The van der Waals surface area contributed by atoms with E-state index in [2.05, 4.69) is 93.8 Å². The van der Waals surface area contributed by atoms with Crippen LogP contribution in [0.2, 0.25) is 0 Å². The Labute approximate surface area is 199 Å². The van der Waals surface area contributed by atoms with Gasteiger partial charge < -0.3 is 9.31 Å². The second-order valence-electron chi connectivity index (χ2n) is 10.1. The SMILES string of the molecule is C=C/C=c1\c(=C)ccc2c3ccc(B4OC(C)(C)C(C)(C)O4)cc3n3c4ccccc4nc3c12. The van der Waals surface area contributed by atoms with E-state index in [1.807, 2.05) is 18.2 Å². The van der Waals surface area contributed by atoms with Crippen LogP contribution in [-0.4, -0.2) is 27.7 Å². The molecule has 6 rings (SSSR count). The van der Waals surface area contributed by atoms with Gasteiger partial charge in [0.15, 0.2) is 0 Å². The Bertz CT molecular complexity index is 1750. The first-order valence-electron chi connectivity index (χ1n) is 11.6. The third-order valence-electron chi connectivity index (χ3n) is 7.48. The van der Waals surface area contributed by atoms with Gasteiger partial charge in [0.2, 0.25) is 0 Å². The van der Waals surface area contributed by atoms with E-state index < -0.39 is 18.3 Å². The molecule has 0 spiro atoms. The molecule has 4 nitrogen and oxygen atoms in total. The van der Waals surface area contributed by atoms with Crippen LogP contribution in [0.4, 0.5) is 0 Å². The Balaban J connectivity index is 1.77. The molecule has 0 radical (unpaired) electrons. The number of pyridine rings is 1. The van der Waals surface area contributed by atoms with Gasteiger partial charge in [-0.25, -0.2) is 4.98 Å². The minimum atomic E-state index is -0.429. The molecule has 0 amide bonds. The summed E-state index contributed by atoms with van der Waals surface area (Å²) in [6.45, 7) is 16.5. The first-order chi connectivity index (χ1) is 16.2. The summed E-state index contributed by atoms with van der Waals surface area (Å²) in [6.07, 6.45) is 3.84.